The maximum Gasteiger partial charge on any atom is 0.240 e. The summed E-state index contributed by atoms with van der Waals surface area (Å²) in [5.74, 6) is 1.94. The summed E-state index contributed by atoms with van der Waals surface area (Å²) >= 11 is 0. The Kier molecular flexibility index (Phi) is 4.39. The molecule has 0 fully saturated rings. The van der Waals surface area contributed by atoms with Crippen LogP contribution in [0.1, 0.15) is 22.9 Å². The minimum absolute atomic E-state index is 0.0284. The fourth-order valence-corrected chi connectivity index (χ4v) is 2.17. The van der Waals surface area contributed by atoms with Gasteiger partial charge in [-0.15, -0.1) is 11.5 Å². The van der Waals surface area contributed by atoms with Gasteiger partial charge in [0.1, 0.15) is 11.8 Å². The van der Waals surface area contributed by atoms with E-state index in [9.17, 15) is 9.90 Å². The molecule has 0 aliphatic carbocycles. The zero-order valence-corrected chi connectivity index (χ0v) is 12.3. The molecular weight excluding hydrogens is 280 g/mol. The van der Waals surface area contributed by atoms with E-state index in [1.54, 1.807) is 25.2 Å². The first-order valence-electron chi connectivity index (χ1n) is 6.58. The molecule has 6 heteroatoms. The second-order valence-corrected chi connectivity index (χ2v) is 4.80. The summed E-state index contributed by atoms with van der Waals surface area (Å²) in [5, 5.41) is 21.0. The van der Waals surface area contributed by atoms with Crippen molar-refractivity contribution in [2.75, 3.05) is 7.05 Å². The first-order valence-corrected chi connectivity index (χ1v) is 6.58. The van der Waals surface area contributed by atoms with Crippen LogP contribution in [0.2, 0.25) is 0 Å². The molecule has 2 aromatic rings. The van der Waals surface area contributed by atoms with E-state index in [0.29, 0.717) is 22.5 Å². The van der Waals surface area contributed by atoms with Gasteiger partial charge in [-0.05, 0) is 43.8 Å². The van der Waals surface area contributed by atoms with Crippen LogP contribution < -0.4 is 11.1 Å². The van der Waals surface area contributed by atoms with Crippen molar-refractivity contribution in [2.45, 2.75) is 13.0 Å². The monoisotopic (exact) mass is 296 g/mol. The summed E-state index contributed by atoms with van der Waals surface area (Å²) in [6, 6.07) is 5.89. The fourth-order valence-electron chi connectivity index (χ4n) is 2.17. The Bertz CT molecular complexity index is 765. The smallest absolute Gasteiger partial charge is 0.240 e. The topological polar surface area (TPSA) is 101 Å². The number of hydrogen-bond acceptors (Lipinski definition) is 5. The molecule has 1 amide bonds. The number of hydrogen-bond donors (Lipinski definition) is 3. The number of amides is 1. The molecule has 112 valence electrons. The number of aryl methyl sites for hydroxylation is 1. The molecule has 1 heterocycles. The van der Waals surface area contributed by atoms with E-state index >= 15 is 0 Å². The number of benzene rings is 1. The standard InChI is InChI=1S/C16H16N4O2/c1-4-10-5-6-11(13(21)8-10)14-9(2)7-12(19-20-14)15(18-3)16(17)22/h1,5-8,15,18,21H,2-3H3,(H2,17,22). The van der Waals surface area contributed by atoms with Gasteiger partial charge in [0, 0.05) is 11.1 Å². The molecule has 1 aromatic carbocycles. The number of aromatic nitrogens is 2. The van der Waals surface area contributed by atoms with Gasteiger partial charge < -0.3 is 16.2 Å². The van der Waals surface area contributed by atoms with E-state index in [-0.39, 0.29) is 5.75 Å². The van der Waals surface area contributed by atoms with Gasteiger partial charge in [-0.1, -0.05) is 5.92 Å². The van der Waals surface area contributed by atoms with Gasteiger partial charge in [-0.2, -0.15) is 5.10 Å². The van der Waals surface area contributed by atoms with Gasteiger partial charge in [0.05, 0.1) is 11.4 Å². The van der Waals surface area contributed by atoms with Crippen LogP contribution in [0.15, 0.2) is 24.3 Å². The van der Waals surface area contributed by atoms with Gasteiger partial charge >= 0.3 is 0 Å². The zero-order chi connectivity index (χ0) is 16.3. The number of aromatic hydroxyl groups is 1. The SMILES string of the molecule is C#Cc1ccc(-c2nnc(C(NC)C(N)=O)cc2C)c(O)c1. The highest BCUT2D eigenvalue weighted by Gasteiger charge is 2.19. The van der Waals surface area contributed by atoms with Crippen LogP contribution in [0, 0.1) is 19.3 Å². The molecule has 0 bridgehead atoms. The molecule has 0 saturated carbocycles. The first kappa shape index (κ1) is 15.5. The van der Waals surface area contributed by atoms with Gasteiger partial charge in [-0.25, -0.2) is 0 Å². The summed E-state index contributed by atoms with van der Waals surface area (Å²) in [4.78, 5) is 11.4. The zero-order valence-electron chi connectivity index (χ0n) is 12.3. The van der Waals surface area contributed by atoms with Crippen molar-refractivity contribution >= 4 is 5.91 Å². The number of nitrogens with zero attached hydrogens (tertiary/aromatic N) is 2. The highest BCUT2D eigenvalue weighted by molar-refractivity contribution is 5.81. The molecule has 0 saturated heterocycles. The van der Waals surface area contributed by atoms with Gasteiger partial charge in [-0.3, -0.25) is 4.79 Å². The molecule has 1 unspecified atom stereocenters. The minimum atomic E-state index is -0.710. The van der Waals surface area contributed by atoms with E-state index in [1.807, 2.05) is 6.92 Å². The predicted molar refractivity (Wildman–Crippen MR) is 82.8 cm³/mol. The molecule has 22 heavy (non-hydrogen) atoms. The lowest BCUT2D eigenvalue weighted by Crippen LogP contribution is -2.32. The number of phenolic OH excluding ortho intramolecular Hbond substituents is 1. The Morgan fingerprint density at radius 1 is 1.41 bits per heavy atom. The highest BCUT2D eigenvalue weighted by Crippen LogP contribution is 2.30. The van der Waals surface area contributed by atoms with Crippen molar-refractivity contribution in [3.63, 3.8) is 0 Å². The summed E-state index contributed by atoms with van der Waals surface area (Å²) in [5.41, 5.74) is 8.11. The number of carbonyl (C=O) groups excluding carboxylic acids is 1. The van der Waals surface area contributed by atoms with Crippen LogP contribution in [0.3, 0.4) is 0 Å². The van der Waals surface area contributed by atoms with Crippen molar-refractivity contribution in [1.29, 1.82) is 0 Å². The van der Waals surface area contributed by atoms with Crippen LogP contribution in [0.5, 0.6) is 5.75 Å². The molecule has 0 spiro atoms. The Morgan fingerprint density at radius 3 is 2.64 bits per heavy atom. The van der Waals surface area contributed by atoms with Gasteiger partial charge in [0.2, 0.25) is 5.91 Å². The third kappa shape index (κ3) is 2.90. The quantitative estimate of drug-likeness (QED) is 0.727. The van der Waals surface area contributed by atoms with E-state index in [0.717, 1.165) is 5.56 Å². The van der Waals surface area contributed by atoms with Crippen molar-refractivity contribution in [3.8, 4) is 29.4 Å². The van der Waals surface area contributed by atoms with Crippen LogP contribution in [0.4, 0.5) is 0 Å². The molecule has 1 atom stereocenters. The van der Waals surface area contributed by atoms with Crippen molar-refractivity contribution in [2.24, 2.45) is 5.73 Å². The largest absolute Gasteiger partial charge is 0.507 e. The second kappa shape index (κ2) is 6.24. The maximum absolute atomic E-state index is 11.4. The van der Waals surface area contributed by atoms with Crippen molar-refractivity contribution in [3.05, 3.63) is 41.1 Å². The summed E-state index contributed by atoms with van der Waals surface area (Å²) in [7, 11) is 1.62. The number of primary amides is 1. The number of terminal acetylenes is 1. The number of nitrogens with one attached hydrogen (secondary N) is 1. The highest BCUT2D eigenvalue weighted by atomic mass is 16.3. The Hall–Kier alpha value is -2.91. The third-order valence-electron chi connectivity index (χ3n) is 3.29. The number of carbonyl (C=O) groups is 1. The lowest BCUT2D eigenvalue weighted by Gasteiger charge is -2.13. The molecule has 6 nitrogen and oxygen atoms in total. The van der Waals surface area contributed by atoms with Crippen LogP contribution >= 0.6 is 0 Å². The lowest BCUT2D eigenvalue weighted by molar-refractivity contribution is -0.120. The molecule has 1 aromatic heterocycles. The normalized spacial score (nSPS) is 11.7. The second-order valence-electron chi connectivity index (χ2n) is 4.80. The molecule has 0 radical (unpaired) electrons. The number of nitrogens with two attached hydrogens (primary N) is 1. The van der Waals surface area contributed by atoms with E-state index in [4.69, 9.17) is 12.2 Å². The van der Waals surface area contributed by atoms with Gasteiger partial charge in [0.15, 0.2) is 0 Å². The van der Waals surface area contributed by atoms with Crippen molar-refractivity contribution < 1.29 is 9.90 Å². The summed E-state index contributed by atoms with van der Waals surface area (Å²) < 4.78 is 0. The summed E-state index contributed by atoms with van der Waals surface area (Å²) in [6.45, 7) is 1.82. The Labute approximate surface area is 128 Å². The predicted octanol–water partition coefficient (Wildman–Crippen LogP) is 0.885. The van der Waals surface area contributed by atoms with Crippen LogP contribution in [0.25, 0.3) is 11.3 Å². The average molecular weight is 296 g/mol. The van der Waals surface area contributed by atoms with Crippen molar-refractivity contribution in [1.82, 2.24) is 15.5 Å². The molecular formula is C16H16N4O2. The minimum Gasteiger partial charge on any atom is -0.507 e. The number of likely N-dealkylation sites (N-methyl/N-ethyl adjacent to an activating group) is 1. The van der Waals surface area contributed by atoms with Gasteiger partial charge in [0.25, 0.3) is 0 Å². The average Bonchev–Trinajstić information content (AvgIpc) is 2.48. The maximum atomic E-state index is 11.4. The molecule has 0 aliphatic heterocycles. The Balaban J connectivity index is 2.47. The first-order chi connectivity index (χ1) is 10.5. The molecule has 0 aliphatic rings. The molecule has 2 rings (SSSR count). The summed E-state index contributed by atoms with van der Waals surface area (Å²) in [6.07, 6.45) is 5.29. The van der Waals surface area contributed by atoms with E-state index < -0.39 is 11.9 Å². The van der Waals surface area contributed by atoms with E-state index in [1.165, 1.54) is 6.07 Å². The number of rotatable bonds is 4. The van der Waals surface area contributed by atoms with Crippen LogP contribution in [-0.2, 0) is 4.79 Å². The third-order valence-corrected chi connectivity index (χ3v) is 3.29. The number of phenols is 1. The lowest BCUT2D eigenvalue weighted by atomic mass is 10.0. The van der Waals surface area contributed by atoms with E-state index in [2.05, 4.69) is 21.4 Å². The fraction of sp³-hybridized carbons (Fsp3) is 0.188. The van der Waals surface area contributed by atoms with Crippen LogP contribution in [-0.4, -0.2) is 28.3 Å². The molecule has 4 N–H and O–H groups in total. The Morgan fingerprint density at radius 2 is 2.14 bits per heavy atom.